The summed E-state index contributed by atoms with van der Waals surface area (Å²) in [6, 6.07) is 9.71. The molecule has 2 aromatic carbocycles. The van der Waals surface area contributed by atoms with Crippen LogP contribution < -0.4 is 10.2 Å². The van der Waals surface area contributed by atoms with Gasteiger partial charge in [0.15, 0.2) is 0 Å². The summed E-state index contributed by atoms with van der Waals surface area (Å²) in [5.41, 5.74) is 3.80. The molecule has 0 aliphatic carbocycles. The molecular formula is C24H28N4O4. The van der Waals surface area contributed by atoms with Crippen molar-refractivity contribution in [1.82, 2.24) is 4.90 Å². The third kappa shape index (κ3) is 4.30. The van der Waals surface area contributed by atoms with Crippen LogP contribution in [0.5, 0.6) is 0 Å². The average Bonchev–Trinajstić information content (AvgIpc) is 3.45. The number of benzene rings is 2. The number of likely N-dealkylation sites (tertiary alicyclic amines) is 1. The van der Waals surface area contributed by atoms with Gasteiger partial charge in [0.1, 0.15) is 6.04 Å². The fourth-order valence-corrected chi connectivity index (χ4v) is 4.71. The van der Waals surface area contributed by atoms with Crippen molar-refractivity contribution in [2.75, 3.05) is 29.9 Å². The molecular weight excluding hydrogens is 408 g/mol. The molecule has 1 atom stereocenters. The summed E-state index contributed by atoms with van der Waals surface area (Å²) in [4.78, 5) is 40.6. The lowest BCUT2D eigenvalue weighted by Crippen LogP contribution is -2.43. The van der Waals surface area contributed by atoms with Crippen LogP contribution in [0.4, 0.5) is 17.1 Å². The van der Waals surface area contributed by atoms with Gasteiger partial charge in [0.25, 0.3) is 11.6 Å². The monoisotopic (exact) mass is 436 g/mol. The van der Waals surface area contributed by atoms with E-state index in [9.17, 15) is 19.7 Å². The Morgan fingerprint density at radius 3 is 2.41 bits per heavy atom. The number of nitro benzene ring substituents is 1. The summed E-state index contributed by atoms with van der Waals surface area (Å²) in [6.07, 6.45) is 3.74. The molecule has 8 nitrogen and oxygen atoms in total. The highest BCUT2D eigenvalue weighted by Gasteiger charge is 2.35. The minimum Gasteiger partial charge on any atom is -0.371 e. The molecule has 4 rings (SSSR count). The van der Waals surface area contributed by atoms with E-state index in [1.54, 1.807) is 11.8 Å². The molecule has 0 bridgehead atoms. The number of carbonyl (C=O) groups is 2. The molecule has 0 saturated carbocycles. The third-order valence-electron chi connectivity index (χ3n) is 6.37. The van der Waals surface area contributed by atoms with E-state index in [1.807, 2.05) is 25.1 Å². The molecule has 32 heavy (non-hydrogen) atoms. The van der Waals surface area contributed by atoms with Crippen molar-refractivity contribution in [3.63, 3.8) is 0 Å². The normalized spacial score (nSPS) is 18.1. The second kappa shape index (κ2) is 8.98. The van der Waals surface area contributed by atoms with E-state index in [-0.39, 0.29) is 17.5 Å². The van der Waals surface area contributed by atoms with Crippen LogP contribution >= 0.6 is 0 Å². The molecule has 2 heterocycles. The SMILES string of the molecule is Cc1cc(NC(=O)C2CCCN2C(=O)c2ccc([N+](=O)[O-])c(C)c2)ccc1N1CCCC1. The predicted octanol–water partition coefficient (Wildman–Crippen LogP) is 4.06. The maximum atomic E-state index is 13.1. The highest BCUT2D eigenvalue weighted by atomic mass is 16.6. The van der Waals surface area contributed by atoms with Crippen LogP contribution in [0.25, 0.3) is 0 Å². The molecule has 2 aromatic rings. The van der Waals surface area contributed by atoms with Gasteiger partial charge in [-0.25, -0.2) is 0 Å². The molecule has 0 radical (unpaired) electrons. The molecule has 1 N–H and O–H groups in total. The number of nitrogens with zero attached hydrogens (tertiary/aromatic N) is 3. The summed E-state index contributed by atoms with van der Waals surface area (Å²) in [6.45, 7) is 6.27. The van der Waals surface area contributed by atoms with Crippen molar-refractivity contribution >= 4 is 28.9 Å². The molecule has 0 spiro atoms. The lowest BCUT2D eigenvalue weighted by molar-refractivity contribution is -0.385. The van der Waals surface area contributed by atoms with Gasteiger partial charge in [-0.05, 0) is 75.4 Å². The molecule has 8 heteroatoms. The maximum absolute atomic E-state index is 13.1. The van der Waals surface area contributed by atoms with E-state index < -0.39 is 11.0 Å². The van der Waals surface area contributed by atoms with E-state index in [1.165, 1.54) is 36.7 Å². The fourth-order valence-electron chi connectivity index (χ4n) is 4.71. The Labute approximate surface area is 187 Å². The zero-order valence-corrected chi connectivity index (χ0v) is 18.5. The average molecular weight is 437 g/mol. The molecule has 2 aliphatic heterocycles. The van der Waals surface area contributed by atoms with Gasteiger partial charge in [0.05, 0.1) is 4.92 Å². The topological polar surface area (TPSA) is 95.8 Å². The summed E-state index contributed by atoms with van der Waals surface area (Å²) < 4.78 is 0. The van der Waals surface area contributed by atoms with E-state index in [2.05, 4.69) is 10.2 Å². The van der Waals surface area contributed by atoms with Crippen molar-refractivity contribution in [2.24, 2.45) is 0 Å². The minimum atomic E-state index is -0.559. The Bertz CT molecular complexity index is 1060. The first kappa shape index (κ1) is 21.8. The van der Waals surface area contributed by atoms with Crippen molar-refractivity contribution < 1.29 is 14.5 Å². The largest absolute Gasteiger partial charge is 0.371 e. The van der Waals surface area contributed by atoms with Crippen LogP contribution in [0.2, 0.25) is 0 Å². The highest BCUT2D eigenvalue weighted by Crippen LogP contribution is 2.28. The Kier molecular flexibility index (Phi) is 6.12. The third-order valence-corrected chi connectivity index (χ3v) is 6.37. The van der Waals surface area contributed by atoms with E-state index in [0.29, 0.717) is 24.1 Å². The lowest BCUT2D eigenvalue weighted by Gasteiger charge is -2.25. The Morgan fingerprint density at radius 1 is 1.00 bits per heavy atom. The number of hydrogen-bond acceptors (Lipinski definition) is 5. The number of rotatable bonds is 5. The van der Waals surface area contributed by atoms with Gasteiger partial charge in [-0.15, -0.1) is 0 Å². The van der Waals surface area contributed by atoms with Gasteiger partial charge in [0.2, 0.25) is 5.91 Å². The lowest BCUT2D eigenvalue weighted by atomic mass is 10.1. The number of nitro groups is 1. The first-order valence-electron chi connectivity index (χ1n) is 11.1. The van der Waals surface area contributed by atoms with Crippen molar-refractivity contribution in [1.29, 1.82) is 0 Å². The highest BCUT2D eigenvalue weighted by molar-refractivity contribution is 6.02. The number of aryl methyl sites for hydroxylation is 2. The molecule has 2 aliphatic rings. The standard InChI is InChI=1S/C24H28N4O4/c1-16-14-18(7-9-21(16)28(31)32)24(30)27-13-5-6-22(27)23(29)25-19-8-10-20(17(2)15-19)26-11-3-4-12-26/h7-10,14-15,22H,3-6,11-13H2,1-2H3,(H,25,29). The van der Waals surface area contributed by atoms with Gasteiger partial charge in [0, 0.05) is 48.2 Å². The second-order valence-electron chi connectivity index (χ2n) is 8.60. The summed E-state index contributed by atoms with van der Waals surface area (Å²) >= 11 is 0. The zero-order chi connectivity index (χ0) is 22.8. The predicted molar refractivity (Wildman–Crippen MR) is 123 cm³/mol. The van der Waals surface area contributed by atoms with Gasteiger partial charge in [-0.1, -0.05) is 0 Å². The second-order valence-corrected chi connectivity index (χ2v) is 8.60. The van der Waals surface area contributed by atoms with Crippen molar-refractivity contribution in [3.8, 4) is 0 Å². The quantitative estimate of drug-likeness (QED) is 0.563. The van der Waals surface area contributed by atoms with Crippen LogP contribution in [0.3, 0.4) is 0 Å². The van der Waals surface area contributed by atoms with Crippen molar-refractivity contribution in [3.05, 3.63) is 63.2 Å². The van der Waals surface area contributed by atoms with Crippen LogP contribution in [0, 0.1) is 24.0 Å². The molecule has 2 saturated heterocycles. The van der Waals surface area contributed by atoms with Gasteiger partial charge >= 0.3 is 0 Å². The van der Waals surface area contributed by atoms with Crippen LogP contribution in [0.15, 0.2) is 36.4 Å². The van der Waals surface area contributed by atoms with E-state index in [0.717, 1.165) is 30.8 Å². The first-order chi connectivity index (χ1) is 15.3. The number of amides is 2. The zero-order valence-electron chi connectivity index (χ0n) is 18.5. The summed E-state index contributed by atoms with van der Waals surface area (Å²) in [5.74, 6) is -0.482. The van der Waals surface area contributed by atoms with Crippen LogP contribution in [-0.2, 0) is 4.79 Å². The first-order valence-corrected chi connectivity index (χ1v) is 11.1. The van der Waals surface area contributed by atoms with Gasteiger partial charge < -0.3 is 15.1 Å². The smallest absolute Gasteiger partial charge is 0.272 e. The van der Waals surface area contributed by atoms with Gasteiger partial charge in [-0.3, -0.25) is 19.7 Å². The van der Waals surface area contributed by atoms with E-state index >= 15 is 0 Å². The number of anilines is 2. The van der Waals surface area contributed by atoms with Crippen LogP contribution in [0.1, 0.15) is 47.2 Å². The molecule has 2 amide bonds. The number of hydrogen-bond donors (Lipinski definition) is 1. The van der Waals surface area contributed by atoms with Crippen LogP contribution in [-0.4, -0.2) is 47.3 Å². The molecule has 2 fully saturated rings. The van der Waals surface area contributed by atoms with Crippen molar-refractivity contribution in [2.45, 2.75) is 45.6 Å². The summed E-state index contributed by atoms with van der Waals surface area (Å²) in [7, 11) is 0. The Balaban J connectivity index is 1.46. The number of nitrogens with one attached hydrogen (secondary N) is 1. The summed E-state index contributed by atoms with van der Waals surface area (Å²) in [5, 5.41) is 14.0. The maximum Gasteiger partial charge on any atom is 0.272 e. The van der Waals surface area contributed by atoms with Gasteiger partial charge in [-0.2, -0.15) is 0 Å². The van der Waals surface area contributed by atoms with E-state index in [4.69, 9.17) is 0 Å². The molecule has 1 unspecified atom stereocenters. The minimum absolute atomic E-state index is 0.0231. The molecule has 0 aromatic heterocycles. The number of carbonyl (C=O) groups excluding carboxylic acids is 2. The fraction of sp³-hybridized carbons (Fsp3) is 0.417. The molecule has 168 valence electrons. The Morgan fingerprint density at radius 2 is 1.75 bits per heavy atom. The Hall–Kier alpha value is -3.42.